The molecule has 2 rings (SSSR count). The zero-order valence-corrected chi connectivity index (χ0v) is 14.4. The zero-order valence-electron chi connectivity index (χ0n) is 13.5. The SMILES string of the molecule is CN=C(C)N(C)c1ccc(NS(=O)(=O)C2CCCCC2)cc1. The summed E-state index contributed by atoms with van der Waals surface area (Å²) in [5.74, 6) is 0.899. The van der Waals surface area contributed by atoms with Crippen LogP contribution in [-0.4, -0.2) is 33.6 Å². The molecule has 0 saturated heterocycles. The molecule has 0 radical (unpaired) electrons. The Bertz CT molecular complexity index is 617. The molecule has 6 heteroatoms. The summed E-state index contributed by atoms with van der Waals surface area (Å²) in [7, 11) is 0.405. The highest BCUT2D eigenvalue weighted by Gasteiger charge is 2.27. The molecule has 1 fully saturated rings. The first kappa shape index (κ1) is 16.8. The third kappa shape index (κ3) is 4.00. The van der Waals surface area contributed by atoms with Gasteiger partial charge in [0.15, 0.2) is 0 Å². The van der Waals surface area contributed by atoms with Crippen molar-refractivity contribution >= 4 is 27.2 Å². The molecule has 122 valence electrons. The lowest BCUT2D eigenvalue weighted by Crippen LogP contribution is -2.29. The molecular weight excluding hydrogens is 298 g/mol. The van der Waals surface area contributed by atoms with Crippen molar-refractivity contribution < 1.29 is 8.42 Å². The van der Waals surface area contributed by atoms with E-state index in [4.69, 9.17) is 0 Å². The Morgan fingerprint density at radius 2 is 1.77 bits per heavy atom. The third-order valence-electron chi connectivity index (χ3n) is 4.31. The Morgan fingerprint density at radius 3 is 2.32 bits per heavy atom. The predicted molar refractivity (Wildman–Crippen MR) is 93.3 cm³/mol. The largest absolute Gasteiger partial charge is 0.334 e. The van der Waals surface area contributed by atoms with E-state index >= 15 is 0 Å². The highest BCUT2D eigenvalue weighted by Crippen LogP contribution is 2.26. The van der Waals surface area contributed by atoms with Crippen molar-refractivity contribution in [2.24, 2.45) is 4.99 Å². The van der Waals surface area contributed by atoms with E-state index in [-0.39, 0.29) is 5.25 Å². The molecule has 0 unspecified atom stereocenters. The summed E-state index contributed by atoms with van der Waals surface area (Å²) < 4.78 is 27.5. The monoisotopic (exact) mass is 323 g/mol. The summed E-state index contributed by atoms with van der Waals surface area (Å²) in [6.07, 6.45) is 4.69. The number of nitrogens with zero attached hydrogens (tertiary/aromatic N) is 2. The van der Waals surface area contributed by atoms with Gasteiger partial charge in [0.2, 0.25) is 10.0 Å². The summed E-state index contributed by atoms with van der Waals surface area (Å²) in [6, 6.07) is 7.39. The van der Waals surface area contributed by atoms with Gasteiger partial charge in [0, 0.05) is 25.5 Å². The highest BCUT2D eigenvalue weighted by atomic mass is 32.2. The minimum absolute atomic E-state index is 0.252. The lowest BCUT2D eigenvalue weighted by Gasteiger charge is -2.23. The van der Waals surface area contributed by atoms with Crippen molar-refractivity contribution in [3.05, 3.63) is 24.3 Å². The Kier molecular flexibility index (Phi) is 5.45. The van der Waals surface area contributed by atoms with Crippen LogP contribution in [0.2, 0.25) is 0 Å². The summed E-state index contributed by atoms with van der Waals surface area (Å²) in [4.78, 5) is 6.10. The number of rotatable bonds is 4. The molecule has 0 spiro atoms. The molecular formula is C16H25N3O2S. The van der Waals surface area contributed by atoms with Crippen LogP contribution in [0.1, 0.15) is 39.0 Å². The maximum absolute atomic E-state index is 12.4. The van der Waals surface area contributed by atoms with Crippen LogP contribution >= 0.6 is 0 Å². The molecule has 1 saturated carbocycles. The molecule has 0 bridgehead atoms. The van der Waals surface area contributed by atoms with Crippen LogP contribution in [0.5, 0.6) is 0 Å². The van der Waals surface area contributed by atoms with Crippen LogP contribution in [0.4, 0.5) is 11.4 Å². The van der Waals surface area contributed by atoms with Crippen molar-refractivity contribution in [3.8, 4) is 0 Å². The lowest BCUT2D eigenvalue weighted by molar-refractivity contribution is 0.486. The first-order chi connectivity index (χ1) is 10.4. The van der Waals surface area contributed by atoms with Gasteiger partial charge in [-0.15, -0.1) is 0 Å². The van der Waals surface area contributed by atoms with Gasteiger partial charge in [-0.1, -0.05) is 19.3 Å². The normalized spacial score (nSPS) is 17.3. The molecule has 5 nitrogen and oxygen atoms in total. The van der Waals surface area contributed by atoms with Gasteiger partial charge in [0.25, 0.3) is 0 Å². The Hall–Kier alpha value is -1.56. The fourth-order valence-corrected chi connectivity index (χ4v) is 4.30. The Morgan fingerprint density at radius 1 is 1.18 bits per heavy atom. The standard InChI is InChI=1S/C16H25N3O2S/c1-13(17-2)19(3)15-11-9-14(10-12-15)18-22(20,21)16-7-5-4-6-8-16/h9-12,16,18H,4-8H2,1-3H3. The van der Waals surface area contributed by atoms with Crippen molar-refractivity contribution in [3.63, 3.8) is 0 Å². The fourth-order valence-electron chi connectivity index (χ4n) is 2.71. The van der Waals surface area contributed by atoms with E-state index in [0.29, 0.717) is 5.69 Å². The van der Waals surface area contributed by atoms with E-state index in [0.717, 1.165) is 43.6 Å². The average Bonchev–Trinajstić information content (AvgIpc) is 2.54. The Labute approximate surface area is 133 Å². The smallest absolute Gasteiger partial charge is 0.235 e. The molecule has 0 amide bonds. The van der Waals surface area contributed by atoms with E-state index in [9.17, 15) is 8.42 Å². The van der Waals surface area contributed by atoms with Crippen LogP contribution in [0.3, 0.4) is 0 Å². The van der Waals surface area contributed by atoms with Crippen LogP contribution < -0.4 is 9.62 Å². The summed E-state index contributed by atoms with van der Waals surface area (Å²) in [5.41, 5.74) is 1.59. The van der Waals surface area contributed by atoms with Gasteiger partial charge in [-0.2, -0.15) is 0 Å². The number of hydrogen-bond donors (Lipinski definition) is 1. The van der Waals surface area contributed by atoms with Gasteiger partial charge in [-0.05, 0) is 44.0 Å². The molecule has 0 aliphatic heterocycles. The second-order valence-electron chi connectivity index (χ2n) is 5.78. The summed E-state index contributed by atoms with van der Waals surface area (Å²) >= 11 is 0. The topological polar surface area (TPSA) is 61.8 Å². The second kappa shape index (κ2) is 7.13. The number of hydrogen-bond acceptors (Lipinski definition) is 3. The quantitative estimate of drug-likeness (QED) is 0.683. The van der Waals surface area contributed by atoms with Gasteiger partial charge >= 0.3 is 0 Å². The predicted octanol–water partition coefficient (Wildman–Crippen LogP) is 3.25. The van der Waals surface area contributed by atoms with Crippen LogP contribution in [0, 0.1) is 0 Å². The number of benzene rings is 1. The van der Waals surface area contributed by atoms with E-state index < -0.39 is 10.0 Å². The number of amidine groups is 1. The second-order valence-corrected chi connectivity index (χ2v) is 7.74. The first-order valence-electron chi connectivity index (χ1n) is 7.73. The molecule has 0 aromatic heterocycles. The molecule has 1 aliphatic rings. The number of aliphatic imine (C=N–C) groups is 1. The van der Waals surface area contributed by atoms with Crippen molar-refractivity contribution in [1.29, 1.82) is 0 Å². The molecule has 0 atom stereocenters. The van der Waals surface area contributed by atoms with E-state index in [2.05, 4.69) is 9.71 Å². The van der Waals surface area contributed by atoms with Crippen molar-refractivity contribution in [2.45, 2.75) is 44.3 Å². The minimum Gasteiger partial charge on any atom is -0.334 e. The van der Waals surface area contributed by atoms with E-state index in [1.165, 1.54) is 0 Å². The van der Waals surface area contributed by atoms with Gasteiger partial charge < -0.3 is 4.90 Å². The molecule has 22 heavy (non-hydrogen) atoms. The van der Waals surface area contributed by atoms with Crippen LogP contribution in [-0.2, 0) is 10.0 Å². The molecule has 1 N–H and O–H groups in total. The van der Waals surface area contributed by atoms with Gasteiger partial charge in [0.1, 0.15) is 0 Å². The van der Waals surface area contributed by atoms with Crippen LogP contribution in [0.15, 0.2) is 29.3 Å². The molecule has 0 heterocycles. The number of nitrogens with one attached hydrogen (secondary N) is 1. The van der Waals surface area contributed by atoms with Gasteiger partial charge in [-0.3, -0.25) is 9.71 Å². The fraction of sp³-hybridized carbons (Fsp3) is 0.562. The zero-order chi connectivity index (χ0) is 16.2. The highest BCUT2D eigenvalue weighted by molar-refractivity contribution is 7.93. The van der Waals surface area contributed by atoms with Crippen molar-refractivity contribution in [1.82, 2.24) is 0 Å². The van der Waals surface area contributed by atoms with E-state index in [1.54, 1.807) is 19.2 Å². The van der Waals surface area contributed by atoms with E-state index in [1.807, 2.05) is 31.0 Å². The summed E-state index contributed by atoms with van der Waals surface area (Å²) in [5, 5.41) is -0.252. The van der Waals surface area contributed by atoms with Gasteiger partial charge in [0.05, 0.1) is 11.1 Å². The molecule has 1 aromatic carbocycles. The van der Waals surface area contributed by atoms with Crippen molar-refractivity contribution in [2.75, 3.05) is 23.7 Å². The average molecular weight is 323 g/mol. The van der Waals surface area contributed by atoms with Gasteiger partial charge in [-0.25, -0.2) is 8.42 Å². The number of sulfonamides is 1. The maximum Gasteiger partial charge on any atom is 0.235 e. The van der Waals surface area contributed by atoms with Crippen LogP contribution in [0.25, 0.3) is 0 Å². The maximum atomic E-state index is 12.4. The molecule has 1 aliphatic carbocycles. The number of anilines is 2. The minimum atomic E-state index is -3.28. The first-order valence-corrected chi connectivity index (χ1v) is 9.27. The third-order valence-corrected chi connectivity index (χ3v) is 6.18. The lowest BCUT2D eigenvalue weighted by atomic mass is 10.0. The Balaban J connectivity index is 2.07. The molecule has 1 aromatic rings. The summed E-state index contributed by atoms with van der Waals surface area (Å²) in [6.45, 7) is 1.93.